The van der Waals surface area contributed by atoms with Crippen LogP contribution in [0.4, 0.5) is 0 Å². The van der Waals surface area contributed by atoms with Crippen molar-refractivity contribution in [1.82, 2.24) is 0 Å². The predicted octanol–water partition coefficient (Wildman–Crippen LogP) is 4.87. The topological polar surface area (TPSA) is 20.2 Å². The van der Waals surface area contributed by atoms with Crippen LogP contribution in [0.25, 0.3) is 0 Å². The summed E-state index contributed by atoms with van der Waals surface area (Å²) in [5.41, 5.74) is 3.69. The monoisotopic (exact) mass is 286 g/mol. The molecule has 3 fully saturated rings. The molecule has 4 rings (SSSR count). The molecule has 0 radical (unpaired) electrons. The highest BCUT2D eigenvalue weighted by molar-refractivity contribution is 5.33. The lowest BCUT2D eigenvalue weighted by atomic mass is 9.47. The minimum absolute atomic E-state index is 0.0423. The first-order chi connectivity index (χ1) is 9.95. The number of allylic oxidation sites excluding steroid dienone is 3. The van der Waals surface area contributed by atoms with Crippen LogP contribution in [0.3, 0.4) is 0 Å². The van der Waals surface area contributed by atoms with Crippen molar-refractivity contribution in [1.29, 1.82) is 0 Å². The number of aliphatic hydroxyl groups excluding tert-OH is 1. The Hall–Kier alpha value is -0.560. The van der Waals surface area contributed by atoms with Crippen molar-refractivity contribution in [2.75, 3.05) is 0 Å². The van der Waals surface area contributed by atoms with Crippen molar-refractivity contribution in [2.45, 2.75) is 71.3 Å². The molecule has 0 aromatic rings. The van der Waals surface area contributed by atoms with Crippen LogP contribution < -0.4 is 0 Å². The van der Waals surface area contributed by atoms with E-state index in [4.69, 9.17) is 0 Å². The van der Waals surface area contributed by atoms with E-state index in [1.165, 1.54) is 50.5 Å². The molecule has 116 valence electrons. The summed E-state index contributed by atoms with van der Waals surface area (Å²) in [4.78, 5) is 0. The summed E-state index contributed by atoms with van der Waals surface area (Å²) in [5, 5.41) is 10.5. The van der Waals surface area contributed by atoms with Gasteiger partial charge in [-0.2, -0.15) is 0 Å². The van der Waals surface area contributed by atoms with E-state index in [-0.39, 0.29) is 11.5 Å². The van der Waals surface area contributed by atoms with Crippen LogP contribution in [0.1, 0.15) is 65.2 Å². The fourth-order valence-electron chi connectivity index (χ4n) is 6.62. The molecule has 0 spiro atoms. The highest BCUT2D eigenvalue weighted by Crippen LogP contribution is 2.65. The average Bonchev–Trinajstić information content (AvgIpc) is 2.76. The highest BCUT2D eigenvalue weighted by Gasteiger charge is 2.58. The average molecular weight is 286 g/mol. The van der Waals surface area contributed by atoms with Gasteiger partial charge in [-0.25, -0.2) is 0 Å². The van der Waals surface area contributed by atoms with Crippen molar-refractivity contribution in [3.8, 4) is 0 Å². The third-order valence-corrected chi connectivity index (χ3v) is 8.03. The van der Waals surface area contributed by atoms with Gasteiger partial charge in [0.15, 0.2) is 0 Å². The maximum Gasteiger partial charge on any atom is 0.0596 e. The predicted molar refractivity (Wildman–Crippen MR) is 86.8 cm³/mol. The van der Waals surface area contributed by atoms with E-state index in [9.17, 15) is 5.11 Å². The van der Waals surface area contributed by atoms with Gasteiger partial charge in [0.1, 0.15) is 0 Å². The van der Waals surface area contributed by atoms with E-state index >= 15 is 0 Å². The summed E-state index contributed by atoms with van der Waals surface area (Å²) in [6, 6.07) is 0. The van der Waals surface area contributed by atoms with E-state index in [1.807, 2.05) is 0 Å². The summed E-state index contributed by atoms with van der Waals surface area (Å²) in [7, 11) is 0. The Balaban J connectivity index is 1.69. The molecule has 3 saturated carbocycles. The van der Waals surface area contributed by atoms with Gasteiger partial charge in [-0.05, 0) is 80.0 Å². The molecule has 0 saturated heterocycles. The summed E-state index contributed by atoms with van der Waals surface area (Å²) < 4.78 is 0. The lowest BCUT2D eigenvalue weighted by Gasteiger charge is -2.58. The van der Waals surface area contributed by atoms with Gasteiger partial charge < -0.3 is 5.11 Å². The lowest BCUT2D eigenvalue weighted by Crippen LogP contribution is -2.50. The molecule has 5 unspecified atom stereocenters. The molecule has 4 aliphatic carbocycles. The molecule has 1 N–H and O–H groups in total. The third-order valence-electron chi connectivity index (χ3n) is 8.03. The number of hydrogen-bond acceptors (Lipinski definition) is 1. The summed E-state index contributed by atoms with van der Waals surface area (Å²) in [5.74, 6) is 2.48. The van der Waals surface area contributed by atoms with E-state index < -0.39 is 0 Å². The summed E-state index contributed by atoms with van der Waals surface area (Å²) >= 11 is 0. The van der Waals surface area contributed by atoms with Crippen LogP contribution in [-0.4, -0.2) is 11.2 Å². The summed E-state index contributed by atoms with van der Waals surface area (Å²) in [6.07, 6.45) is 12.4. The van der Waals surface area contributed by atoms with E-state index in [1.54, 1.807) is 5.57 Å². The molecular weight excluding hydrogens is 256 g/mol. The second-order valence-corrected chi connectivity index (χ2v) is 8.80. The van der Waals surface area contributed by atoms with Gasteiger partial charge in [0, 0.05) is 0 Å². The van der Waals surface area contributed by atoms with Gasteiger partial charge in [-0.15, -0.1) is 0 Å². The normalized spacial score (nSPS) is 52.7. The smallest absolute Gasteiger partial charge is 0.0596 e. The Kier molecular flexibility index (Phi) is 2.99. The first-order valence-electron chi connectivity index (χ1n) is 9.02. The third kappa shape index (κ3) is 1.79. The first-order valence-corrected chi connectivity index (χ1v) is 9.02. The summed E-state index contributed by atoms with van der Waals surface area (Å²) in [6.45, 7) is 9.12. The van der Waals surface area contributed by atoms with E-state index in [0.29, 0.717) is 5.41 Å². The number of rotatable bonds is 0. The largest absolute Gasteiger partial charge is 0.393 e. The van der Waals surface area contributed by atoms with Crippen LogP contribution >= 0.6 is 0 Å². The molecule has 0 aliphatic heterocycles. The van der Waals surface area contributed by atoms with E-state index in [2.05, 4.69) is 26.5 Å². The zero-order valence-corrected chi connectivity index (χ0v) is 13.7. The number of aliphatic hydroxyl groups is 1. The Morgan fingerprint density at radius 2 is 1.86 bits per heavy atom. The molecule has 0 amide bonds. The highest BCUT2D eigenvalue weighted by atomic mass is 16.3. The Morgan fingerprint density at radius 1 is 1.05 bits per heavy atom. The van der Waals surface area contributed by atoms with Crippen LogP contribution in [0, 0.1) is 28.6 Å². The van der Waals surface area contributed by atoms with Gasteiger partial charge >= 0.3 is 0 Å². The molecule has 0 aromatic carbocycles. The Labute approximate surface area is 129 Å². The zero-order chi connectivity index (χ0) is 14.8. The van der Waals surface area contributed by atoms with Crippen molar-refractivity contribution in [3.63, 3.8) is 0 Å². The fourth-order valence-corrected chi connectivity index (χ4v) is 6.62. The molecule has 21 heavy (non-hydrogen) atoms. The Bertz CT molecular complexity index is 504. The second kappa shape index (κ2) is 4.47. The second-order valence-electron chi connectivity index (χ2n) is 8.80. The van der Waals surface area contributed by atoms with Crippen molar-refractivity contribution >= 4 is 0 Å². The zero-order valence-electron chi connectivity index (χ0n) is 13.7. The van der Waals surface area contributed by atoms with Crippen LogP contribution in [0.5, 0.6) is 0 Å². The number of hydrogen-bond donors (Lipinski definition) is 1. The molecule has 4 aliphatic rings. The van der Waals surface area contributed by atoms with Gasteiger partial charge in [0.05, 0.1) is 6.10 Å². The maximum absolute atomic E-state index is 10.5. The van der Waals surface area contributed by atoms with Gasteiger partial charge in [-0.3, -0.25) is 0 Å². The standard InChI is InChI=1S/C20H30O/c1-13-8-10-19(2)14(12-13)4-5-15-16-6-7-18(21)20(16,3)11-9-17(15)19/h12,15-18,21H,1,4-11H2,2-3H3/t15?,16?,17?,18?,19-,20?/m0/s1. The van der Waals surface area contributed by atoms with Gasteiger partial charge in [-0.1, -0.05) is 37.6 Å². The van der Waals surface area contributed by atoms with Crippen molar-refractivity contribution in [2.24, 2.45) is 28.6 Å². The molecule has 0 bridgehead atoms. The Morgan fingerprint density at radius 3 is 2.67 bits per heavy atom. The molecule has 6 atom stereocenters. The maximum atomic E-state index is 10.5. The lowest BCUT2D eigenvalue weighted by molar-refractivity contribution is -0.0727. The fraction of sp³-hybridized carbons (Fsp3) is 0.800. The van der Waals surface area contributed by atoms with Crippen molar-refractivity contribution < 1.29 is 5.11 Å². The minimum Gasteiger partial charge on any atom is -0.393 e. The number of fused-ring (bicyclic) bond motifs is 5. The van der Waals surface area contributed by atoms with Crippen LogP contribution in [-0.2, 0) is 0 Å². The molecule has 0 aromatic heterocycles. The molecular formula is C20H30O. The van der Waals surface area contributed by atoms with E-state index in [0.717, 1.165) is 24.2 Å². The first kappa shape index (κ1) is 14.1. The van der Waals surface area contributed by atoms with Crippen LogP contribution in [0.2, 0.25) is 0 Å². The minimum atomic E-state index is -0.0423. The quantitative estimate of drug-likeness (QED) is 0.674. The molecule has 1 heteroatoms. The SMILES string of the molecule is C=C1C=C2CCC3C4CCC(O)C4(C)CCC3[C@@]2(C)CC1. The van der Waals surface area contributed by atoms with Crippen LogP contribution in [0.15, 0.2) is 23.8 Å². The van der Waals surface area contributed by atoms with Gasteiger partial charge in [0.25, 0.3) is 0 Å². The van der Waals surface area contributed by atoms with Gasteiger partial charge in [0.2, 0.25) is 0 Å². The molecule has 1 nitrogen and oxygen atoms in total. The van der Waals surface area contributed by atoms with Crippen molar-refractivity contribution in [3.05, 3.63) is 23.8 Å². The molecule has 0 heterocycles.